The van der Waals surface area contributed by atoms with E-state index in [0.29, 0.717) is 21.1 Å². The van der Waals surface area contributed by atoms with E-state index in [1.165, 1.54) is 12.1 Å². The van der Waals surface area contributed by atoms with Crippen molar-refractivity contribution in [2.45, 2.75) is 0 Å². The fourth-order valence-corrected chi connectivity index (χ4v) is 4.59. The van der Waals surface area contributed by atoms with Crippen molar-refractivity contribution in [1.82, 2.24) is 29.9 Å². The largest absolute Gasteiger partial charge is 0.488 e. The van der Waals surface area contributed by atoms with Crippen LogP contribution in [0.5, 0.6) is 0 Å². The summed E-state index contributed by atoms with van der Waals surface area (Å²) in [6, 6.07) is 0.987. The van der Waals surface area contributed by atoms with Gasteiger partial charge in [-0.1, -0.05) is 168 Å². The number of hydrogen-bond donors (Lipinski definition) is 2. The number of benzene rings is 6. The lowest BCUT2D eigenvalue weighted by molar-refractivity contribution is 0.426. The Morgan fingerprint density at radius 2 is 0.741 bits per heavy atom. The van der Waals surface area contributed by atoms with Crippen molar-refractivity contribution in [1.29, 1.82) is 0 Å². The molecule has 0 spiro atoms. The summed E-state index contributed by atoms with van der Waals surface area (Å²) in [7, 11) is -1.43. The highest BCUT2D eigenvalue weighted by Gasteiger charge is 2.13. The van der Waals surface area contributed by atoms with Crippen LogP contribution in [0.15, 0.2) is 169 Å². The zero-order valence-corrected chi connectivity index (χ0v) is 29.2. The van der Waals surface area contributed by atoms with Crippen molar-refractivity contribution in [3.63, 3.8) is 0 Å². The van der Waals surface area contributed by atoms with Crippen molar-refractivity contribution < 1.29 is 37.5 Å². The topological polar surface area (TPSA) is 118 Å². The monoisotopic (exact) mass is 786 g/mol. The summed E-state index contributed by atoms with van der Waals surface area (Å²) in [5, 5.41) is 17.7. The van der Waals surface area contributed by atoms with Crippen LogP contribution in [-0.2, 0) is 0 Å². The summed E-state index contributed by atoms with van der Waals surface area (Å²) < 4.78 is 159. The molecule has 8 rings (SSSR count). The number of aromatic nitrogens is 6. The molecule has 2 heterocycles. The first-order chi connectivity index (χ1) is 34.6. The van der Waals surface area contributed by atoms with Crippen molar-refractivity contribution in [2.75, 3.05) is 0 Å². The molecule has 0 aliphatic rings. The Balaban J connectivity index is 0.000000205. The molecule has 0 radical (unpaired) electrons. The van der Waals surface area contributed by atoms with Crippen LogP contribution in [-0.4, -0.2) is 47.1 Å². The first-order valence-electron chi connectivity index (χ1n) is 24.9. The third-order valence-electron chi connectivity index (χ3n) is 6.37. The van der Waals surface area contributed by atoms with Gasteiger partial charge in [-0.3, -0.25) is 0 Å². The van der Waals surface area contributed by atoms with Gasteiger partial charge in [0.2, 0.25) is 5.28 Å². The fourth-order valence-electron chi connectivity index (χ4n) is 4.04. The lowest BCUT2D eigenvalue weighted by Gasteiger charge is -2.08. The average Bonchev–Trinajstić information content (AvgIpc) is 3.36. The summed E-state index contributed by atoms with van der Waals surface area (Å²) in [6.45, 7) is 0. The van der Waals surface area contributed by atoms with Crippen molar-refractivity contribution >= 4 is 47.4 Å². The normalized spacial score (nSPS) is 15.5. The smallest absolute Gasteiger partial charge is 0.423 e. The van der Waals surface area contributed by atoms with E-state index in [9.17, 15) is 0 Å². The van der Waals surface area contributed by atoms with E-state index in [4.69, 9.17) is 72.3 Å². The van der Waals surface area contributed by atoms with Gasteiger partial charge in [0.15, 0.2) is 29.1 Å². The van der Waals surface area contributed by atoms with Crippen LogP contribution in [0.1, 0.15) is 27.4 Å². The SMILES string of the molecule is OB(O)c1cccc(Cl)c1.[2H]c1c([2H])c([2H])c(-c2nc(-c3cccc(Cl)c3)nc(-c3c([2H])c([2H])c([2H])c([2H])c3[2H])n2)c([2H])c1[2H].[2H]c1c([2H])c([2H])c(-c2nc(Cl)nc(-c3c([2H])c([2H])c([2H])c([2H])c3[2H])n2)c([2H])c1[2H]. The van der Waals surface area contributed by atoms with Gasteiger partial charge in [-0.25, -0.2) is 19.9 Å². The van der Waals surface area contributed by atoms with Crippen LogP contribution in [0, 0.1) is 0 Å². The van der Waals surface area contributed by atoms with Crippen molar-refractivity contribution in [2.24, 2.45) is 0 Å². The van der Waals surface area contributed by atoms with Crippen LogP contribution >= 0.6 is 34.8 Å². The lowest BCUT2D eigenvalue weighted by Crippen LogP contribution is -2.29. The Morgan fingerprint density at radius 3 is 1.07 bits per heavy atom. The van der Waals surface area contributed by atoms with Crippen LogP contribution in [0.3, 0.4) is 0 Å². The Morgan fingerprint density at radius 1 is 0.407 bits per heavy atom. The second-order valence-electron chi connectivity index (χ2n) is 10.00. The van der Waals surface area contributed by atoms with E-state index in [0.717, 1.165) is 0 Å². The molecule has 8 aromatic rings. The highest BCUT2D eigenvalue weighted by atomic mass is 35.5. The second kappa shape index (κ2) is 18.8. The molecule has 6 aromatic carbocycles. The van der Waals surface area contributed by atoms with E-state index < -0.39 is 133 Å². The maximum Gasteiger partial charge on any atom is 0.488 e. The Labute approximate surface area is 356 Å². The Bertz CT molecular complexity index is 3300. The first-order valence-corrected chi connectivity index (χ1v) is 16.1. The molecule has 2 N–H and O–H groups in total. The predicted molar refractivity (Wildman–Crippen MR) is 218 cm³/mol. The molecular formula is C42H30BCl3N6O2. The molecule has 12 heteroatoms. The molecular weight excluding hydrogens is 738 g/mol. The zero-order valence-electron chi connectivity index (χ0n) is 46.9. The Hall–Kier alpha value is -5.81. The summed E-state index contributed by atoms with van der Waals surface area (Å²) >= 11 is 17.6. The minimum atomic E-state index is -1.43. The molecule has 0 atom stereocenters. The van der Waals surface area contributed by atoms with E-state index in [1.807, 2.05) is 0 Å². The van der Waals surface area contributed by atoms with Gasteiger partial charge in [0, 0.05) is 37.9 Å². The van der Waals surface area contributed by atoms with Gasteiger partial charge in [0.1, 0.15) is 0 Å². The molecule has 0 aliphatic heterocycles. The lowest BCUT2D eigenvalue weighted by atomic mass is 9.81. The van der Waals surface area contributed by atoms with Gasteiger partial charge in [0.25, 0.3) is 0 Å². The zero-order chi connectivity index (χ0) is 55.1. The standard InChI is InChI=1S/C21H14ClN3.C15H10ClN3.C6H6BClO2/c22-18-13-7-12-17(14-18)21-24-19(15-8-3-1-4-9-15)23-20(25-21)16-10-5-2-6-11-16;16-15-18-13(11-7-3-1-4-8-11)17-14(19-15)12-9-5-2-6-10-12;8-6-3-1-2-5(4-6)7(9)10/h1-14H;1-10H;1-4,9-10H/i1D,2D,3D,4D,5D,6D,8D,9D,10D,11D;1D,2D,3D,4D,5D,6D,7D,8D,9D,10D;. The first kappa shape index (κ1) is 20.0. The van der Waals surface area contributed by atoms with E-state index in [2.05, 4.69) is 29.9 Å². The van der Waals surface area contributed by atoms with Crippen LogP contribution in [0.2, 0.25) is 15.3 Å². The van der Waals surface area contributed by atoms with Crippen LogP contribution in [0.4, 0.5) is 0 Å². The molecule has 0 unspecified atom stereocenters. The van der Waals surface area contributed by atoms with Gasteiger partial charge < -0.3 is 10.0 Å². The molecule has 0 saturated heterocycles. The van der Waals surface area contributed by atoms with E-state index >= 15 is 0 Å². The Kier molecular flexibility index (Phi) is 6.98. The van der Waals surface area contributed by atoms with Gasteiger partial charge in [-0.2, -0.15) is 9.97 Å². The minimum Gasteiger partial charge on any atom is -0.423 e. The number of rotatable bonds is 6. The van der Waals surface area contributed by atoms with Gasteiger partial charge in [-0.05, 0) is 41.3 Å². The summed E-state index contributed by atoms with van der Waals surface area (Å²) in [5.74, 6) is -1.46. The molecule has 264 valence electrons. The minimum absolute atomic E-state index is 0.0360. The third kappa shape index (κ3) is 10.6. The summed E-state index contributed by atoms with van der Waals surface area (Å²) in [4.78, 5) is 24.4. The summed E-state index contributed by atoms with van der Waals surface area (Å²) in [6.07, 6.45) is 0. The molecule has 0 saturated carbocycles. The van der Waals surface area contributed by atoms with Crippen LogP contribution in [0.25, 0.3) is 56.9 Å². The number of hydrogen-bond acceptors (Lipinski definition) is 8. The molecule has 0 bridgehead atoms. The average molecular weight is 788 g/mol. The molecule has 2 aromatic heterocycles. The second-order valence-corrected chi connectivity index (χ2v) is 11.2. The van der Waals surface area contributed by atoms with Crippen molar-refractivity contribution in [3.8, 4) is 56.9 Å². The van der Waals surface area contributed by atoms with Gasteiger partial charge in [-0.15, -0.1) is 0 Å². The third-order valence-corrected chi connectivity index (χ3v) is 7.01. The molecule has 8 nitrogen and oxygen atoms in total. The number of nitrogens with zero attached hydrogens (tertiary/aromatic N) is 6. The maximum absolute atomic E-state index is 8.65. The van der Waals surface area contributed by atoms with Crippen LogP contribution < -0.4 is 5.46 Å². The molecule has 0 fully saturated rings. The van der Waals surface area contributed by atoms with Gasteiger partial charge >= 0.3 is 7.12 Å². The summed E-state index contributed by atoms with van der Waals surface area (Å²) in [5.41, 5.74) is -0.567. The fraction of sp³-hybridized carbons (Fsp3) is 0. The maximum atomic E-state index is 8.65. The van der Waals surface area contributed by atoms with E-state index in [-0.39, 0.29) is 51.4 Å². The molecule has 54 heavy (non-hydrogen) atoms. The van der Waals surface area contributed by atoms with E-state index in [1.54, 1.807) is 36.4 Å². The molecule has 0 amide bonds. The molecule has 0 aliphatic carbocycles. The number of halogens is 3. The quantitative estimate of drug-likeness (QED) is 0.160. The van der Waals surface area contributed by atoms with Crippen molar-refractivity contribution in [3.05, 3.63) is 185 Å². The predicted octanol–water partition coefficient (Wildman–Crippen LogP) is 9.40. The van der Waals surface area contributed by atoms with Gasteiger partial charge in [0.05, 0.1) is 27.4 Å². The highest BCUT2D eigenvalue weighted by molar-refractivity contribution is 6.59. The highest BCUT2D eigenvalue weighted by Crippen LogP contribution is 2.26.